The van der Waals surface area contributed by atoms with Crippen LogP contribution in [0.25, 0.3) is 0 Å². The summed E-state index contributed by atoms with van der Waals surface area (Å²) in [5.41, 5.74) is 4.29. The van der Waals surface area contributed by atoms with Crippen molar-refractivity contribution in [3.63, 3.8) is 0 Å². The minimum absolute atomic E-state index is 0.306. The molecular weight excluding hydrogens is 282 g/mol. The van der Waals surface area contributed by atoms with Gasteiger partial charge in [-0.1, -0.05) is 29.8 Å². The van der Waals surface area contributed by atoms with Gasteiger partial charge in [-0.25, -0.2) is 8.78 Å². The van der Waals surface area contributed by atoms with Gasteiger partial charge in [0.1, 0.15) is 11.6 Å². The molecule has 5 heteroatoms. The average Bonchev–Trinajstić information content (AvgIpc) is 2.41. The maximum Gasteiger partial charge on any atom is 0.127 e. The number of aryl methyl sites for hydroxylation is 1. The van der Waals surface area contributed by atoms with Crippen molar-refractivity contribution in [1.82, 2.24) is 5.43 Å². The van der Waals surface area contributed by atoms with Crippen molar-refractivity contribution in [2.45, 2.75) is 19.4 Å². The third kappa shape index (κ3) is 3.33. The number of nitrogens with one attached hydrogen (secondary N) is 1. The standard InChI is InChI=1S/C15H15ClF2N2/c1-9-2-3-11(6-13(9)17)15(20-19)7-10-4-5-12(16)8-14(10)18/h2-6,8,15,20H,7,19H2,1H3. The summed E-state index contributed by atoms with van der Waals surface area (Å²) >= 11 is 5.71. The molecule has 0 fully saturated rings. The Balaban J connectivity index is 2.26. The molecule has 106 valence electrons. The van der Waals surface area contributed by atoms with Crippen LogP contribution in [0.15, 0.2) is 36.4 Å². The molecule has 1 atom stereocenters. The molecule has 20 heavy (non-hydrogen) atoms. The van der Waals surface area contributed by atoms with Crippen molar-refractivity contribution in [1.29, 1.82) is 0 Å². The first kappa shape index (κ1) is 14.9. The number of benzene rings is 2. The summed E-state index contributed by atoms with van der Waals surface area (Å²) in [6, 6.07) is 8.95. The molecular formula is C15H15ClF2N2. The van der Waals surface area contributed by atoms with Crippen LogP contribution in [0.1, 0.15) is 22.7 Å². The molecule has 1 unspecified atom stereocenters. The maximum atomic E-state index is 13.8. The highest BCUT2D eigenvalue weighted by molar-refractivity contribution is 6.30. The van der Waals surface area contributed by atoms with E-state index in [0.29, 0.717) is 28.1 Å². The fourth-order valence-corrected chi connectivity index (χ4v) is 2.16. The topological polar surface area (TPSA) is 38.0 Å². The number of rotatable bonds is 4. The zero-order valence-corrected chi connectivity index (χ0v) is 11.7. The predicted molar refractivity (Wildman–Crippen MR) is 76.3 cm³/mol. The van der Waals surface area contributed by atoms with E-state index in [2.05, 4.69) is 5.43 Å². The Morgan fingerprint density at radius 3 is 2.50 bits per heavy atom. The van der Waals surface area contributed by atoms with Gasteiger partial charge >= 0.3 is 0 Å². The van der Waals surface area contributed by atoms with Crippen LogP contribution in [-0.4, -0.2) is 0 Å². The fourth-order valence-electron chi connectivity index (χ4n) is 2.01. The first-order chi connectivity index (χ1) is 9.51. The lowest BCUT2D eigenvalue weighted by molar-refractivity contribution is 0.524. The number of hydrogen-bond donors (Lipinski definition) is 2. The molecule has 0 radical (unpaired) electrons. The fraction of sp³-hybridized carbons (Fsp3) is 0.200. The summed E-state index contributed by atoms with van der Waals surface area (Å²) in [6.45, 7) is 1.68. The van der Waals surface area contributed by atoms with Crippen LogP contribution < -0.4 is 11.3 Å². The summed E-state index contributed by atoms with van der Waals surface area (Å²) in [6.07, 6.45) is 0.308. The van der Waals surface area contributed by atoms with Gasteiger partial charge in [-0.05, 0) is 48.2 Å². The summed E-state index contributed by atoms with van der Waals surface area (Å²) in [7, 11) is 0. The first-order valence-corrected chi connectivity index (χ1v) is 6.55. The third-order valence-corrected chi connectivity index (χ3v) is 3.47. The Labute approximate surface area is 121 Å². The third-order valence-electron chi connectivity index (χ3n) is 3.24. The zero-order chi connectivity index (χ0) is 14.7. The zero-order valence-electron chi connectivity index (χ0n) is 11.0. The van der Waals surface area contributed by atoms with E-state index in [0.717, 1.165) is 0 Å². The van der Waals surface area contributed by atoms with Crippen LogP contribution >= 0.6 is 11.6 Å². The Hall–Kier alpha value is -1.49. The molecule has 0 amide bonds. The van der Waals surface area contributed by atoms with Crippen LogP contribution in [0.3, 0.4) is 0 Å². The molecule has 2 rings (SSSR count). The molecule has 0 aromatic heterocycles. The van der Waals surface area contributed by atoms with E-state index in [1.807, 2.05) is 0 Å². The van der Waals surface area contributed by atoms with Crippen molar-refractivity contribution in [2.75, 3.05) is 0 Å². The molecule has 2 aromatic carbocycles. The lowest BCUT2D eigenvalue weighted by atomic mass is 9.98. The number of nitrogens with two attached hydrogens (primary N) is 1. The number of halogens is 3. The molecule has 2 aromatic rings. The average molecular weight is 297 g/mol. The van der Waals surface area contributed by atoms with Crippen LogP contribution in [0, 0.1) is 18.6 Å². The molecule has 0 aliphatic rings. The van der Waals surface area contributed by atoms with Crippen molar-refractivity contribution < 1.29 is 8.78 Å². The summed E-state index contributed by atoms with van der Waals surface area (Å²) < 4.78 is 27.4. The Kier molecular flexibility index (Phi) is 4.70. The van der Waals surface area contributed by atoms with Gasteiger partial charge in [0.2, 0.25) is 0 Å². The van der Waals surface area contributed by atoms with E-state index >= 15 is 0 Å². The Morgan fingerprint density at radius 1 is 1.15 bits per heavy atom. The summed E-state index contributed by atoms with van der Waals surface area (Å²) in [5.74, 6) is 4.80. The van der Waals surface area contributed by atoms with Crippen molar-refractivity contribution in [3.05, 3.63) is 69.7 Å². The van der Waals surface area contributed by atoms with Gasteiger partial charge in [-0.15, -0.1) is 0 Å². The largest absolute Gasteiger partial charge is 0.271 e. The molecule has 0 heterocycles. The van der Waals surface area contributed by atoms with Gasteiger partial charge in [0.05, 0.1) is 6.04 Å². The van der Waals surface area contributed by atoms with E-state index in [9.17, 15) is 8.78 Å². The summed E-state index contributed by atoms with van der Waals surface area (Å²) in [4.78, 5) is 0. The van der Waals surface area contributed by atoms with E-state index in [1.54, 1.807) is 31.2 Å². The van der Waals surface area contributed by atoms with Gasteiger partial charge in [-0.3, -0.25) is 11.3 Å². The molecule has 0 aliphatic heterocycles. The van der Waals surface area contributed by atoms with Gasteiger partial charge < -0.3 is 0 Å². The second kappa shape index (κ2) is 6.31. The maximum absolute atomic E-state index is 13.8. The van der Waals surface area contributed by atoms with Gasteiger partial charge in [0.25, 0.3) is 0 Å². The molecule has 0 saturated carbocycles. The predicted octanol–water partition coefficient (Wildman–Crippen LogP) is 3.67. The lowest BCUT2D eigenvalue weighted by Crippen LogP contribution is -2.30. The van der Waals surface area contributed by atoms with Gasteiger partial charge in [0, 0.05) is 5.02 Å². The van der Waals surface area contributed by atoms with Crippen molar-refractivity contribution in [2.24, 2.45) is 5.84 Å². The quantitative estimate of drug-likeness (QED) is 0.667. The van der Waals surface area contributed by atoms with E-state index < -0.39 is 5.82 Å². The van der Waals surface area contributed by atoms with Crippen LogP contribution in [0.5, 0.6) is 0 Å². The second-order valence-corrected chi connectivity index (χ2v) is 5.10. The van der Waals surface area contributed by atoms with Crippen LogP contribution in [-0.2, 0) is 6.42 Å². The van der Waals surface area contributed by atoms with E-state index in [-0.39, 0.29) is 11.9 Å². The minimum Gasteiger partial charge on any atom is -0.271 e. The molecule has 0 saturated heterocycles. The number of hydrazine groups is 1. The number of hydrogen-bond acceptors (Lipinski definition) is 2. The van der Waals surface area contributed by atoms with Crippen molar-refractivity contribution in [3.8, 4) is 0 Å². The SMILES string of the molecule is Cc1ccc(C(Cc2ccc(Cl)cc2F)NN)cc1F. The highest BCUT2D eigenvalue weighted by Gasteiger charge is 2.14. The van der Waals surface area contributed by atoms with E-state index in [1.165, 1.54) is 12.1 Å². The monoisotopic (exact) mass is 296 g/mol. The molecule has 0 spiro atoms. The van der Waals surface area contributed by atoms with Crippen LogP contribution in [0.4, 0.5) is 8.78 Å². The second-order valence-electron chi connectivity index (χ2n) is 4.67. The Morgan fingerprint density at radius 2 is 1.90 bits per heavy atom. The summed E-state index contributed by atoms with van der Waals surface area (Å²) in [5, 5.41) is 0.338. The normalized spacial score (nSPS) is 12.4. The molecule has 2 nitrogen and oxygen atoms in total. The van der Waals surface area contributed by atoms with Gasteiger partial charge in [0.15, 0.2) is 0 Å². The smallest absolute Gasteiger partial charge is 0.127 e. The van der Waals surface area contributed by atoms with E-state index in [4.69, 9.17) is 17.4 Å². The Bertz CT molecular complexity index is 617. The molecule has 0 bridgehead atoms. The highest BCUT2D eigenvalue weighted by atomic mass is 35.5. The molecule has 0 aliphatic carbocycles. The highest BCUT2D eigenvalue weighted by Crippen LogP contribution is 2.23. The van der Waals surface area contributed by atoms with Crippen molar-refractivity contribution >= 4 is 11.6 Å². The minimum atomic E-state index is -0.398. The lowest BCUT2D eigenvalue weighted by Gasteiger charge is -2.17. The van der Waals surface area contributed by atoms with Gasteiger partial charge in [-0.2, -0.15) is 0 Å². The molecule has 3 N–H and O–H groups in total. The van der Waals surface area contributed by atoms with Crippen LogP contribution in [0.2, 0.25) is 5.02 Å². The first-order valence-electron chi connectivity index (χ1n) is 6.17.